The van der Waals surface area contributed by atoms with Gasteiger partial charge in [-0.3, -0.25) is 4.79 Å². The van der Waals surface area contributed by atoms with Crippen LogP contribution in [0.4, 0.5) is 0 Å². The maximum absolute atomic E-state index is 12.2. The van der Waals surface area contributed by atoms with Gasteiger partial charge in [0.15, 0.2) is 16.4 Å². The number of rotatable bonds is 6. The third-order valence-corrected chi connectivity index (χ3v) is 6.32. The molecule has 0 bridgehead atoms. The average molecular weight is 367 g/mol. The molecule has 1 aromatic carbocycles. The van der Waals surface area contributed by atoms with Crippen LogP contribution in [-0.2, 0) is 19.4 Å². The molecule has 1 aliphatic carbocycles. The van der Waals surface area contributed by atoms with Crippen molar-refractivity contribution in [2.45, 2.75) is 50.5 Å². The van der Waals surface area contributed by atoms with Crippen LogP contribution in [0.1, 0.15) is 49.9 Å². The molecule has 1 fully saturated rings. The Balaban J connectivity index is 1.93. The van der Waals surface area contributed by atoms with Gasteiger partial charge in [0.2, 0.25) is 0 Å². The Labute approximate surface area is 148 Å². The molecule has 2 rings (SSSR count). The van der Waals surface area contributed by atoms with Crippen molar-refractivity contribution >= 4 is 21.7 Å². The zero-order valence-electron chi connectivity index (χ0n) is 14.7. The van der Waals surface area contributed by atoms with Crippen LogP contribution in [0, 0.1) is 5.92 Å². The van der Waals surface area contributed by atoms with E-state index in [0.29, 0.717) is 5.92 Å². The zero-order chi connectivity index (χ0) is 18.4. The highest BCUT2D eigenvalue weighted by atomic mass is 32.2. The Hall–Kier alpha value is -1.89. The van der Waals surface area contributed by atoms with E-state index < -0.39 is 22.4 Å². The topological polar surface area (TPSA) is 89.5 Å². The van der Waals surface area contributed by atoms with Crippen molar-refractivity contribution in [2.75, 3.05) is 12.4 Å². The van der Waals surface area contributed by atoms with Crippen LogP contribution >= 0.6 is 0 Å². The molecule has 1 amide bonds. The lowest BCUT2D eigenvalue weighted by Crippen LogP contribution is -2.39. The number of benzene rings is 1. The second-order valence-corrected chi connectivity index (χ2v) is 8.75. The number of esters is 1. The summed E-state index contributed by atoms with van der Waals surface area (Å²) < 4.78 is 29.2. The summed E-state index contributed by atoms with van der Waals surface area (Å²) >= 11 is 0. The normalized spacial score (nSPS) is 20.7. The Morgan fingerprint density at radius 2 is 1.80 bits per heavy atom. The summed E-state index contributed by atoms with van der Waals surface area (Å²) in [6.45, 7) is 3.29. The Kier molecular flexibility index (Phi) is 6.58. The minimum absolute atomic E-state index is 0.0383. The van der Waals surface area contributed by atoms with Crippen molar-refractivity contribution in [3.8, 4) is 0 Å². The number of carbonyl (C=O) groups is 2. The molecule has 0 spiro atoms. The second-order valence-electron chi connectivity index (χ2n) is 6.50. The van der Waals surface area contributed by atoms with Crippen molar-refractivity contribution in [2.24, 2.45) is 5.92 Å². The molecule has 138 valence electrons. The average Bonchev–Trinajstić information content (AvgIpc) is 2.61. The number of nitrogens with one attached hydrogen (secondary N) is 1. The van der Waals surface area contributed by atoms with E-state index >= 15 is 0 Å². The summed E-state index contributed by atoms with van der Waals surface area (Å²) in [5.41, 5.74) is -0.0383. The largest absolute Gasteiger partial charge is 0.452 e. The van der Waals surface area contributed by atoms with Gasteiger partial charge >= 0.3 is 5.97 Å². The summed E-state index contributed by atoms with van der Waals surface area (Å²) in [5, 5.41) is 2.87. The van der Waals surface area contributed by atoms with Gasteiger partial charge in [-0.1, -0.05) is 26.0 Å². The van der Waals surface area contributed by atoms with Gasteiger partial charge in [-0.2, -0.15) is 0 Å². The predicted molar refractivity (Wildman–Crippen MR) is 94.0 cm³/mol. The van der Waals surface area contributed by atoms with Crippen molar-refractivity contribution in [1.29, 1.82) is 0 Å². The number of hydrogen-bond acceptors (Lipinski definition) is 5. The molecule has 6 nitrogen and oxygen atoms in total. The number of amides is 1. The number of carbonyl (C=O) groups excluding carboxylic acids is 2. The van der Waals surface area contributed by atoms with Gasteiger partial charge in [0.05, 0.1) is 16.2 Å². The minimum Gasteiger partial charge on any atom is -0.452 e. The summed E-state index contributed by atoms with van der Waals surface area (Å²) in [5.74, 6) is -0.593. The molecule has 1 saturated carbocycles. The quantitative estimate of drug-likeness (QED) is 0.780. The van der Waals surface area contributed by atoms with Gasteiger partial charge in [0.25, 0.3) is 5.91 Å². The second kappa shape index (κ2) is 8.47. The fraction of sp³-hybridized carbons (Fsp3) is 0.556. The van der Waals surface area contributed by atoms with E-state index in [0.717, 1.165) is 25.7 Å². The molecule has 7 heteroatoms. The van der Waals surface area contributed by atoms with Crippen LogP contribution in [0.2, 0.25) is 0 Å². The standard InChI is InChI=1S/C18H25NO5S/c1-3-25(22,23)16-7-5-4-6-15(16)18(21)24-12-17(20)19-14-10-8-13(2)9-11-14/h4-7,13-14H,3,8-12H2,1-2H3,(H,19,20). The van der Waals surface area contributed by atoms with Crippen LogP contribution in [0.3, 0.4) is 0 Å². The SMILES string of the molecule is CCS(=O)(=O)c1ccccc1C(=O)OCC(=O)NC1CCC(C)CC1. The summed E-state index contributed by atoms with van der Waals surface area (Å²) in [6.07, 6.45) is 4.01. The van der Waals surface area contributed by atoms with Crippen LogP contribution in [0.25, 0.3) is 0 Å². The van der Waals surface area contributed by atoms with E-state index in [1.54, 1.807) is 12.1 Å². The molecule has 0 saturated heterocycles. The van der Waals surface area contributed by atoms with Gasteiger partial charge in [-0.25, -0.2) is 13.2 Å². The molecule has 1 aromatic rings. The first-order valence-electron chi connectivity index (χ1n) is 8.61. The molecule has 0 atom stereocenters. The monoisotopic (exact) mass is 367 g/mol. The Morgan fingerprint density at radius 1 is 1.16 bits per heavy atom. The van der Waals surface area contributed by atoms with Gasteiger partial charge in [-0.15, -0.1) is 0 Å². The molecule has 0 heterocycles. The third kappa shape index (κ3) is 5.29. The van der Waals surface area contributed by atoms with Crippen LogP contribution in [0.5, 0.6) is 0 Å². The van der Waals surface area contributed by atoms with Crippen molar-refractivity contribution < 1.29 is 22.7 Å². The Bertz CT molecular complexity index is 721. The highest BCUT2D eigenvalue weighted by Gasteiger charge is 2.23. The molecule has 0 radical (unpaired) electrons. The molecule has 25 heavy (non-hydrogen) atoms. The lowest BCUT2D eigenvalue weighted by molar-refractivity contribution is -0.125. The highest BCUT2D eigenvalue weighted by molar-refractivity contribution is 7.91. The van der Waals surface area contributed by atoms with Gasteiger partial charge < -0.3 is 10.1 Å². The molecule has 0 aromatic heterocycles. The fourth-order valence-corrected chi connectivity index (χ4v) is 4.03. The van der Waals surface area contributed by atoms with E-state index in [1.165, 1.54) is 19.1 Å². The number of hydrogen-bond donors (Lipinski definition) is 1. The molecule has 1 aliphatic rings. The summed E-state index contributed by atoms with van der Waals surface area (Å²) in [6, 6.07) is 6.00. The lowest BCUT2D eigenvalue weighted by Gasteiger charge is -2.26. The van der Waals surface area contributed by atoms with E-state index in [2.05, 4.69) is 12.2 Å². The lowest BCUT2D eigenvalue weighted by atomic mass is 9.87. The van der Waals surface area contributed by atoms with E-state index in [1.807, 2.05) is 0 Å². The maximum atomic E-state index is 12.2. The van der Waals surface area contributed by atoms with Crippen LogP contribution in [0.15, 0.2) is 29.2 Å². The van der Waals surface area contributed by atoms with E-state index in [-0.39, 0.29) is 28.2 Å². The van der Waals surface area contributed by atoms with Crippen LogP contribution < -0.4 is 5.32 Å². The Morgan fingerprint density at radius 3 is 2.44 bits per heavy atom. The van der Waals surface area contributed by atoms with Gasteiger partial charge in [0.1, 0.15) is 0 Å². The maximum Gasteiger partial charge on any atom is 0.339 e. The third-order valence-electron chi connectivity index (χ3n) is 4.54. The van der Waals surface area contributed by atoms with Crippen molar-refractivity contribution in [1.82, 2.24) is 5.32 Å². The number of ether oxygens (including phenoxy) is 1. The van der Waals surface area contributed by atoms with Crippen LogP contribution in [-0.4, -0.2) is 38.7 Å². The summed E-state index contributed by atoms with van der Waals surface area (Å²) in [7, 11) is -3.54. The zero-order valence-corrected chi connectivity index (χ0v) is 15.5. The highest BCUT2D eigenvalue weighted by Crippen LogP contribution is 2.23. The first-order chi connectivity index (χ1) is 11.8. The first kappa shape index (κ1) is 19.4. The van der Waals surface area contributed by atoms with E-state index in [9.17, 15) is 18.0 Å². The summed E-state index contributed by atoms with van der Waals surface area (Å²) in [4.78, 5) is 24.1. The molecular weight excluding hydrogens is 342 g/mol. The molecular formula is C18H25NO5S. The molecule has 0 unspecified atom stereocenters. The van der Waals surface area contributed by atoms with Crippen molar-refractivity contribution in [3.05, 3.63) is 29.8 Å². The van der Waals surface area contributed by atoms with Crippen molar-refractivity contribution in [3.63, 3.8) is 0 Å². The fourth-order valence-electron chi connectivity index (χ4n) is 2.94. The molecule has 0 aliphatic heterocycles. The van der Waals surface area contributed by atoms with Gasteiger partial charge in [0, 0.05) is 6.04 Å². The number of sulfone groups is 1. The smallest absolute Gasteiger partial charge is 0.339 e. The predicted octanol–water partition coefficient (Wildman–Crippen LogP) is 2.33. The van der Waals surface area contributed by atoms with E-state index in [4.69, 9.17) is 4.74 Å². The van der Waals surface area contributed by atoms with Gasteiger partial charge in [-0.05, 0) is 43.7 Å². The molecule has 1 N–H and O–H groups in total. The minimum atomic E-state index is -3.54. The first-order valence-corrected chi connectivity index (χ1v) is 10.3.